The van der Waals surface area contributed by atoms with Gasteiger partial charge in [0.2, 0.25) is 0 Å². The van der Waals surface area contributed by atoms with Gasteiger partial charge in [-0.05, 0) is 60.2 Å². The van der Waals surface area contributed by atoms with Crippen LogP contribution in [0.5, 0.6) is 0 Å². The van der Waals surface area contributed by atoms with Gasteiger partial charge >= 0.3 is 0 Å². The van der Waals surface area contributed by atoms with E-state index in [0.717, 1.165) is 72.5 Å². The molecule has 0 saturated carbocycles. The summed E-state index contributed by atoms with van der Waals surface area (Å²) in [5, 5.41) is 5.98. The Kier molecular flexibility index (Phi) is 7.78. The summed E-state index contributed by atoms with van der Waals surface area (Å²) < 4.78 is 4.85. The predicted octanol–water partition coefficient (Wildman–Crippen LogP) is 13.9. The number of rotatable bonds is 6. The average molecular weight is 766 g/mol. The van der Waals surface area contributed by atoms with Crippen LogP contribution in [0.3, 0.4) is 0 Å². The average Bonchev–Trinajstić information content (AvgIpc) is 3.85. The molecule has 0 aliphatic rings. The first kappa shape index (κ1) is 33.9. The molecular formula is C55H35N5. The zero-order valence-corrected chi connectivity index (χ0v) is 32.4. The molecular weight excluding hydrogens is 731 g/mol. The summed E-state index contributed by atoms with van der Waals surface area (Å²) in [4.78, 5) is 15.2. The van der Waals surface area contributed by atoms with Gasteiger partial charge in [-0.15, -0.1) is 0 Å². The van der Waals surface area contributed by atoms with Crippen LogP contribution in [0.4, 0.5) is 0 Å². The third kappa shape index (κ3) is 5.52. The molecule has 60 heavy (non-hydrogen) atoms. The molecule has 280 valence electrons. The van der Waals surface area contributed by atoms with Crippen molar-refractivity contribution in [3.63, 3.8) is 0 Å². The molecule has 0 aliphatic heterocycles. The Morgan fingerprint density at radius 2 is 0.867 bits per heavy atom. The van der Waals surface area contributed by atoms with E-state index in [9.17, 15) is 0 Å². The van der Waals surface area contributed by atoms with E-state index >= 15 is 0 Å². The first-order valence-electron chi connectivity index (χ1n) is 20.3. The summed E-state index contributed by atoms with van der Waals surface area (Å²) >= 11 is 0. The minimum absolute atomic E-state index is 0.667. The topological polar surface area (TPSA) is 48.5 Å². The smallest absolute Gasteiger partial charge is 0.160 e. The van der Waals surface area contributed by atoms with E-state index in [2.05, 4.69) is 197 Å². The van der Waals surface area contributed by atoms with Crippen molar-refractivity contribution in [3.05, 3.63) is 212 Å². The van der Waals surface area contributed by atoms with Gasteiger partial charge in [-0.3, -0.25) is 4.98 Å². The highest BCUT2D eigenvalue weighted by Crippen LogP contribution is 2.42. The summed E-state index contributed by atoms with van der Waals surface area (Å²) in [5.74, 6) is 0.667. The molecule has 0 fully saturated rings. The van der Waals surface area contributed by atoms with Crippen molar-refractivity contribution >= 4 is 54.5 Å². The summed E-state index contributed by atoms with van der Waals surface area (Å²) in [6.45, 7) is 0. The van der Waals surface area contributed by atoms with Gasteiger partial charge in [0, 0.05) is 66.8 Å². The van der Waals surface area contributed by atoms with E-state index in [-0.39, 0.29) is 0 Å². The molecule has 5 heteroatoms. The Labute approximate surface area is 346 Å². The van der Waals surface area contributed by atoms with Crippen molar-refractivity contribution in [1.29, 1.82) is 0 Å². The van der Waals surface area contributed by atoms with Gasteiger partial charge in [0.15, 0.2) is 5.82 Å². The van der Waals surface area contributed by atoms with Gasteiger partial charge in [0.05, 0.1) is 39.0 Å². The lowest BCUT2D eigenvalue weighted by molar-refractivity contribution is 1.14. The van der Waals surface area contributed by atoms with Gasteiger partial charge in [0.1, 0.15) is 0 Å². The Bertz CT molecular complexity index is 3580. The van der Waals surface area contributed by atoms with Crippen molar-refractivity contribution in [1.82, 2.24) is 24.1 Å². The maximum Gasteiger partial charge on any atom is 0.160 e. The summed E-state index contributed by atoms with van der Waals surface area (Å²) in [7, 11) is 0. The van der Waals surface area contributed by atoms with E-state index in [1.165, 1.54) is 32.6 Å². The first-order valence-corrected chi connectivity index (χ1v) is 20.3. The number of nitrogens with zero attached hydrogens (tertiary/aromatic N) is 5. The molecule has 0 N–H and O–H groups in total. The molecule has 0 aliphatic carbocycles. The summed E-state index contributed by atoms with van der Waals surface area (Å²) in [5.41, 5.74) is 14.7. The van der Waals surface area contributed by atoms with Crippen LogP contribution in [0.25, 0.3) is 111 Å². The monoisotopic (exact) mass is 765 g/mol. The van der Waals surface area contributed by atoms with Crippen molar-refractivity contribution in [3.8, 4) is 56.4 Å². The highest BCUT2D eigenvalue weighted by molar-refractivity contribution is 6.23. The van der Waals surface area contributed by atoms with Crippen LogP contribution in [0.2, 0.25) is 0 Å². The summed E-state index contributed by atoms with van der Waals surface area (Å²) in [6.07, 6.45) is 1.95. The van der Waals surface area contributed by atoms with Crippen molar-refractivity contribution in [2.45, 2.75) is 0 Å². The molecule has 0 saturated heterocycles. The van der Waals surface area contributed by atoms with E-state index in [4.69, 9.17) is 15.0 Å². The number of benzene rings is 8. The molecule has 0 unspecified atom stereocenters. The number of hydrogen-bond acceptors (Lipinski definition) is 3. The largest absolute Gasteiger partial charge is 0.307 e. The predicted molar refractivity (Wildman–Crippen MR) is 248 cm³/mol. The highest BCUT2D eigenvalue weighted by atomic mass is 15.0. The lowest BCUT2D eigenvalue weighted by atomic mass is 10.0. The van der Waals surface area contributed by atoms with E-state index in [1.807, 2.05) is 24.4 Å². The van der Waals surface area contributed by atoms with Crippen LogP contribution in [0, 0.1) is 0 Å². The molecule has 4 aromatic heterocycles. The van der Waals surface area contributed by atoms with Crippen LogP contribution >= 0.6 is 0 Å². The van der Waals surface area contributed by atoms with Crippen molar-refractivity contribution in [2.75, 3.05) is 0 Å². The van der Waals surface area contributed by atoms with Crippen LogP contribution in [0.15, 0.2) is 212 Å². The van der Waals surface area contributed by atoms with E-state index < -0.39 is 0 Å². The van der Waals surface area contributed by atoms with Gasteiger partial charge in [-0.1, -0.05) is 152 Å². The molecule has 0 radical (unpaired) electrons. The normalized spacial score (nSPS) is 11.7. The summed E-state index contributed by atoms with van der Waals surface area (Å²) in [6, 6.07) is 72.9. The molecule has 0 atom stereocenters. The number of para-hydroxylation sites is 4. The first-order chi connectivity index (χ1) is 29.7. The lowest BCUT2D eigenvalue weighted by Crippen LogP contribution is -2.00. The molecule has 5 nitrogen and oxygen atoms in total. The maximum atomic E-state index is 5.29. The number of pyridine rings is 1. The van der Waals surface area contributed by atoms with Crippen LogP contribution in [-0.4, -0.2) is 24.1 Å². The number of fused-ring (bicyclic) bond motifs is 8. The molecule has 0 spiro atoms. The fourth-order valence-corrected chi connectivity index (χ4v) is 8.94. The maximum absolute atomic E-state index is 5.29. The van der Waals surface area contributed by atoms with E-state index in [1.54, 1.807) is 0 Å². The third-order valence-corrected chi connectivity index (χ3v) is 11.7. The van der Waals surface area contributed by atoms with Gasteiger partial charge in [0.25, 0.3) is 0 Å². The molecule has 0 bridgehead atoms. The number of aromatic nitrogens is 5. The minimum atomic E-state index is 0.667. The lowest BCUT2D eigenvalue weighted by Gasteiger charge is -2.14. The standard InChI is InChI=1S/C55H35N5/c1-3-14-37(15-4-1)49-34-50(38-28-26-36(27-29-38)41-32-39-16-7-10-23-48(39)56-35-41)58-55(57-49)40-17-13-20-43(33-40)60-52-25-12-9-22-45(52)47-31-30-46-44-21-8-11-24-51(44)59(53(46)54(47)60)42-18-5-2-6-19-42/h1-35H. The SMILES string of the molecule is c1ccc(-c2cc(-c3ccc(-c4cnc5ccccc5c4)cc3)nc(-c3cccc(-n4c5ccccc5c5ccc6c7ccccc7n(-c7ccccc7)c6c54)c3)n2)cc1. The molecule has 12 rings (SSSR count). The van der Waals surface area contributed by atoms with Crippen molar-refractivity contribution in [2.24, 2.45) is 0 Å². The van der Waals surface area contributed by atoms with Crippen molar-refractivity contribution < 1.29 is 0 Å². The van der Waals surface area contributed by atoms with Gasteiger partial charge in [-0.2, -0.15) is 0 Å². The van der Waals surface area contributed by atoms with Crippen LogP contribution < -0.4 is 0 Å². The van der Waals surface area contributed by atoms with Crippen LogP contribution in [-0.2, 0) is 0 Å². The highest BCUT2D eigenvalue weighted by Gasteiger charge is 2.21. The zero-order valence-electron chi connectivity index (χ0n) is 32.4. The third-order valence-electron chi connectivity index (χ3n) is 11.7. The van der Waals surface area contributed by atoms with Crippen LogP contribution in [0.1, 0.15) is 0 Å². The Morgan fingerprint density at radius 3 is 1.57 bits per heavy atom. The molecule has 0 amide bonds. The Balaban J connectivity index is 1.05. The Hall–Kier alpha value is -8.15. The fourth-order valence-electron chi connectivity index (χ4n) is 8.94. The molecule has 4 heterocycles. The van der Waals surface area contributed by atoms with E-state index in [0.29, 0.717) is 5.82 Å². The second kappa shape index (κ2) is 13.8. The Morgan fingerprint density at radius 1 is 0.333 bits per heavy atom. The fraction of sp³-hybridized carbons (Fsp3) is 0. The number of hydrogen-bond donors (Lipinski definition) is 0. The minimum Gasteiger partial charge on any atom is -0.307 e. The zero-order chi connectivity index (χ0) is 39.6. The quantitative estimate of drug-likeness (QED) is 0.169. The second-order valence-electron chi connectivity index (χ2n) is 15.3. The second-order valence-corrected chi connectivity index (χ2v) is 15.3. The van der Waals surface area contributed by atoms with Gasteiger partial charge in [-0.25, -0.2) is 9.97 Å². The van der Waals surface area contributed by atoms with Gasteiger partial charge < -0.3 is 9.13 Å². The molecule has 12 aromatic rings. The molecule has 8 aromatic carbocycles.